The van der Waals surface area contributed by atoms with Crippen LogP contribution < -0.4 is 21.3 Å². The van der Waals surface area contributed by atoms with Crippen molar-refractivity contribution in [2.45, 2.75) is 70.1 Å². The number of hydrogen-bond donors (Lipinski definition) is 7. The Kier molecular flexibility index (Phi) is 10.2. The number of fused-ring (bicyclic) bond motifs is 1. The smallest absolute Gasteiger partial charge is 0.326 e. The second-order valence-electron chi connectivity index (χ2n) is 11.2. The van der Waals surface area contributed by atoms with Gasteiger partial charge in [-0.25, -0.2) is 4.79 Å². The molecule has 2 aromatic carbocycles. The van der Waals surface area contributed by atoms with E-state index in [4.69, 9.17) is 0 Å². The quantitative estimate of drug-likeness (QED) is 0.163. The van der Waals surface area contributed by atoms with Crippen molar-refractivity contribution < 1.29 is 29.4 Å². The van der Waals surface area contributed by atoms with E-state index in [-0.39, 0.29) is 36.8 Å². The Morgan fingerprint density at radius 2 is 1.60 bits per heavy atom. The summed E-state index contributed by atoms with van der Waals surface area (Å²) in [5, 5.41) is 31.8. The van der Waals surface area contributed by atoms with Gasteiger partial charge in [0.15, 0.2) is 0 Å². The molecule has 1 aliphatic rings. The molecule has 11 nitrogen and oxygen atoms in total. The minimum Gasteiger partial charge on any atom is -0.508 e. The highest BCUT2D eigenvalue weighted by Gasteiger charge is 2.32. The summed E-state index contributed by atoms with van der Waals surface area (Å²) in [6, 6.07) is 10.2. The summed E-state index contributed by atoms with van der Waals surface area (Å²) in [5.41, 5.74) is 2.32. The molecule has 42 heavy (non-hydrogen) atoms. The standard InChI is InChI=1S/C31H39N5O6/c1-18(2)14-25(29(39)36-27(31(41)42)16-20-17-33-23-7-4-3-6-22(20)23)34-30(40)26(15-19-9-11-21(37)12-10-19)35-28(38)24-8-5-13-32-24/h3-4,6-7,9-12,17-18,24-27,32-33,37H,5,8,13-16H2,1-2H3,(H,34,40)(H,35,38)(H,36,39)(H,41,42). The maximum atomic E-state index is 13.6. The first-order chi connectivity index (χ1) is 20.1. The number of carboxylic acids is 1. The van der Waals surface area contributed by atoms with Gasteiger partial charge in [0.1, 0.15) is 23.9 Å². The van der Waals surface area contributed by atoms with Crippen LogP contribution in [0.2, 0.25) is 0 Å². The second kappa shape index (κ2) is 14.0. The van der Waals surface area contributed by atoms with Crippen LogP contribution >= 0.6 is 0 Å². The maximum absolute atomic E-state index is 13.6. The fourth-order valence-corrected chi connectivity index (χ4v) is 5.23. The zero-order chi connectivity index (χ0) is 30.2. The highest BCUT2D eigenvalue weighted by Crippen LogP contribution is 2.19. The molecule has 11 heteroatoms. The number of rotatable bonds is 13. The van der Waals surface area contributed by atoms with E-state index in [0.717, 1.165) is 22.9 Å². The Balaban J connectivity index is 1.49. The molecule has 7 N–H and O–H groups in total. The van der Waals surface area contributed by atoms with Crippen molar-refractivity contribution in [3.8, 4) is 5.75 Å². The lowest BCUT2D eigenvalue weighted by atomic mass is 9.99. The van der Waals surface area contributed by atoms with Crippen LogP contribution in [-0.4, -0.2) is 69.6 Å². The number of phenolic OH excluding ortho intramolecular Hbond substituents is 1. The van der Waals surface area contributed by atoms with Crippen molar-refractivity contribution in [2.75, 3.05) is 6.54 Å². The van der Waals surface area contributed by atoms with Crippen molar-refractivity contribution in [3.05, 3.63) is 65.9 Å². The zero-order valence-electron chi connectivity index (χ0n) is 23.9. The van der Waals surface area contributed by atoms with Gasteiger partial charge in [-0.2, -0.15) is 0 Å². The monoisotopic (exact) mass is 577 g/mol. The Bertz CT molecular complexity index is 1400. The number of para-hydroxylation sites is 1. The molecule has 0 aliphatic carbocycles. The number of phenols is 1. The summed E-state index contributed by atoms with van der Waals surface area (Å²) < 4.78 is 0. The number of aromatic hydroxyl groups is 1. The first kappa shape index (κ1) is 30.6. The molecule has 3 amide bonds. The van der Waals surface area contributed by atoms with Crippen molar-refractivity contribution in [1.82, 2.24) is 26.3 Å². The normalized spacial score (nSPS) is 17.0. The van der Waals surface area contributed by atoms with Gasteiger partial charge in [-0.1, -0.05) is 44.2 Å². The highest BCUT2D eigenvalue weighted by atomic mass is 16.4. The van der Waals surface area contributed by atoms with Crippen LogP contribution in [0.5, 0.6) is 5.75 Å². The molecule has 1 aliphatic heterocycles. The largest absolute Gasteiger partial charge is 0.508 e. The van der Waals surface area contributed by atoms with E-state index in [0.29, 0.717) is 18.5 Å². The topological polar surface area (TPSA) is 173 Å². The van der Waals surface area contributed by atoms with E-state index in [1.54, 1.807) is 18.3 Å². The summed E-state index contributed by atoms with van der Waals surface area (Å²) in [5.74, 6) is -2.58. The molecule has 224 valence electrons. The number of aromatic nitrogens is 1. The third-order valence-electron chi connectivity index (χ3n) is 7.44. The van der Waals surface area contributed by atoms with E-state index in [9.17, 15) is 29.4 Å². The minimum absolute atomic E-state index is 0.00535. The first-order valence-electron chi connectivity index (χ1n) is 14.3. The van der Waals surface area contributed by atoms with Gasteiger partial charge in [-0.05, 0) is 61.1 Å². The summed E-state index contributed by atoms with van der Waals surface area (Å²) in [7, 11) is 0. The van der Waals surface area contributed by atoms with Crippen LogP contribution in [0.15, 0.2) is 54.7 Å². The van der Waals surface area contributed by atoms with Crippen LogP contribution in [0.4, 0.5) is 0 Å². The molecular weight excluding hydrogens is 538 g/mol. The third-order valence-corrected chi connectivity index (χ3v) is 7.44. The lowest BCUT2D eigenvalue weighted by Crippen LogP contribution is -2.58. The molecule has 0 saturated carbocycles. The average molecular weight is 578 g/mol. The van der Waals surface area contributed by atoms with Crippen LogP contribution in [-0.2, 0) is 32.0 Å². The SMILES string of the molecule is CC(C)CC(NC(=O)C(Cc1ccc(O)cc1)NC(=O)C1CCCN1)C(=O)NC(Cc1c[nH]c2ccccc12)C(=O)O. The van der Waals surface area contributed by atoms with Gasteiger partial charge in [0.05, 0.1) is 6.04 Å². The Morgan fingerprint density at radius 3 is 2.26 bits per heavy atom. The average Bonchev–Trinajstić information content (AvgIpc) is 3.64. The molecule has 0 radical (unpaired) electrons. The summed E-state index contributed by atoms with van der Waals surface area (Å²) in [4.78, 5) is 55.2. The van der Waals surface area contributed by atoms with Gasteiger partial charge < -0.3 is 36.5 Å². The second-order valence-corrected chi connectivity index (χ2v) is 11.2. The number of aromatic amines is 1. The molecule has 4 unspecified atom stereocenters. The number of benzene rings is 2. The van der Waals surface area contributed by atoms with Crippen LogP contribution in [0.1, 0.15) is 44.2 Å². The van der Waals surface area contributed by atoms with Crippen molar-refractivity contribution in [1.29, 1.82) is 0 Å². The van der Waals surface area contributed by atoms with Crippen LogP contribution in [0, 0.1) is 5.92 Å². The molecule has 1 fully saturated rings. The van der Waals surface area contributed by atoms with Gasteiger partial charge in [0, 0.05) is 29.9 Å². The van der Waals surface area contributed by atoms with Gasteiger partial charge in [0.25, 0.3) is 0 Å². The number of aliphatic carboxylic acids is 1. The van der Waals surface area contributed by atoms with E-state index >= 15 is 0 Å². The number of carbonyl (C=O) groups excluding carboxylic acids is 3. The molecule has 0 bridgehead atoms. The maximum Gasteiger partial charge on any atom is 0.326 e. The number of H-pyrrole nitrogens is 1. The minimum atomic E-state index is -1.22. The van der Waals surface area contributed by atoms with Gasteiger partial charge in [-0.15, -0.1) is 0 Å². The fraction of sp³-hybridized carbons (Fsp3) is 0.419. The fourth-order valence-electron chi connectivity index (χ4n) is 5.23. The molecular formula is C31H39N5O6. The Morgan fingerprint density at radius 1 is 0.905 bits per heavy atom. The van der Waals surface area contributed by atoms with E-state index < -0.39 is 42.0 Å². The molecule has 1 aromatic heterocycles. The Hall–Kier alpha value is -4.38. The van der Waals surface area contributed by atoms with Crippen LogP contribution in [0.3, 0.4) is 0 Å². The zero-order valence-corrected chi connectivity index (χ0v) is 23.9. The molecule has 2 heterocycles. The Labute approximate surface area is 244 Å². The predicted molar refractivity (Wildman–Crippen MR) is 158 cm³/mol. The number of carbonyl (C=O) groups is 4. The third kappa shape index (κ3) is 8.10. The lowest BCUT2D eigenvalue weighted by Gasteiger charge is -2.26. The van der Waals surface area contributed by atoms with E-state index in [1.807, 2.05) is 38.1 Å². The summed E-state index contributed by atoms with van der Waals surface area (Å²) in [6.45, 7) is 4.51. The molecule has 4 atom stereocenters. The molecule has 4 rings (SSSR count). The first-order valence-corrected chi connectivity index (χ1v) is 14.3. The summed E-state index contributed by atoms with van der Waals surface area (Å²) in [6.07, 6.45) is 3.70. The molecule has 1 saturated heterocycles. The summed E-state index contributed by atoms with van der Waals surface area (Å²) >= 11 is 0. The van der Waals surface area contributed by atoms with Crippen LogP contribution in [0.25, 0.3) is 10.9 Å². The van der Waals surface area contributed by atoms with Crippen molar-refractivity contribution in [2.24, 2.45) is 5.92 Å². The van der Waals surface area contributed by atoms with Gasteiger partial charge in [0.2, 0.25) is 17.7 Å². The van der Waals surface area contributed by atoms with E-state index in [1.165, 1.54) is 12.1 Å². The number of hydrogen-bond acceptors (Lipinski definition) is 6. The number of carboxylic acid groups (broad SMARTS) is 1. The predicted octanol–water partition coefficient (Wildman–Crippen LogP) is 2.00. The molecule has 0 spiro atoms. The van der Waals surface area contributed by atoms with Gasteiger partial charge >= 0.3 is 5.97 Å². The number of amides is 3. The highest BCUT2D eigenvalue weighted by molar-refractivity contribution is 5.94. The lowest BCUT2D eigenvalue weighted by molar-refractivity contribution is -0.142. The van der Waals surface area contributed by atoms with E-state index in [2.05, 4.69) is 26.3 Å². The van der Waals surface area contributed by atoms with Crippen molar-refractivity contribution in [3.63, 3.8) is 0 Å². The molecule has 3 aromatic rings. The van der Waals surface area contributed by atoms with Crippen molar-refractivity contribution >= 4 is 34.6 Å². The number of nitrogens with one attached hydrogen (secondary N) is 5. The van der Waals surface area contributed by atoms with Gasteiger partial charge in [-0.3, -0.25) is 14.4 Å².